The Kier molecular flexibility index (Phi) is 2.21. The third kappa shape index (κ3) is 1.48. The van der Waals surface area contributed by atoms with Crippen LogP contribution >= 0.6 is 11.6 Å². The molecule has 0 aliphatic carbocycles. The monoisotopic (exact) mass is 213 g/mol. The first-order chi connectivity index (χ1) is 6.70. The molecule has 2 aromatic rings. The van der Waals surface area contributed by atoms with Crippen LogP contribution in [0.1, 0.15) is 10.7 Å². The maximum atomic E-state index is 12.7. The summed E-state index contributed by atoms with van der Waals surface area (Å²) in [7, 11) is 0. The van der Waals surface area contributed by atoms with Crippen molar-refractivity contribution in [2.75, 3.05) is 5.88 Å². The van der Waals surface area contributed by atoms with E-state index in [1.54, 1.807) is 0 Å². The van der Waals surface area contributed by atoms with Crippen LogP contribution in [0.3, 0.4) is 0 Å². The molecule has 2 rings (SSSR count). The number of nitrogens with zero attached hydrogens (tertiary/aromatic N) is 1. The van der Waals surface area contributed by atoms with Crippen molar-refractivity contribution < 1.29 is 13.6 Å². The zero-order valence-electron chi connectivity index (χ0n) is 6.96. The molecule has 72 valence electrons. The van der Waals surface area contributed by atoms with Crippen LogP contribution in [0.2, 0.25) is 0 Å². The highest BCUT2D eigenvalue weighted by atomic mass is 35.5. The lowest BCUT2D eigenvalue weighted by atomic mass is 10.3. The Balaban J connectivity index is 2.56. The number of carbonyl (C=O) groups is 1. The number of halogens is 2. The number of ketones is 1. The summed E-state index contributed by atoms with van der Waals surface area (Å²) in [4.78, 5) is 14.9. The summed E-state index contributed by atoms with van der Waals surface area (Å²) in [6.07, 6.45) is 0. The van der Waals surface area contributed by atoms with E-state index in [-0.39, 0.29) is 17.4 Å². The normalized spacial score (nSPS) is 10.7. The summed E-state index contributed by atoms with van der Waals surface area (Å²) in [5.41, 5.74) is 0.693. The minimum absolute atomic E-state index is 0.0828. The Morgan fingerprint density at radius 1 is 1.57 bits per heavy atom. The number of hydrogen-bond acceptors (Lipinski definition) is 3. The SMILES string of the molecule is O=C(CCl)c1nc2ccc(F)cc2o1. The first-order valence-corrected chi connectivity index (χ1v) is 4.39. The molecule has 5 heteroatoms. The summed E-state index contributed by atoms with van der Waals surface area (Å²) in [6, 6.07) is 3.87. The molecule has 0 aliphatic rings. The van der Waals surface area contributed by atoms with Crippen molar-refractivity contribution in [1.82, 2.24) is 4.98 Å². The van der Waals surface area contributed by atoms with Crippen LogP contribution in [-0.2, 0) is 0 Å². The van der Waals surface area contributed by atoms with E-state index in [4.69, 9.17) is 16.0 Å². The molecular weight excluding hydrogens is 209 g/mol. The molecule has 0 aliphatic heterocycles. The predicted molar refractivity (Wildman–Crippen MR) is 49.0 cm³/mol. The van der Waals surface area contributed by atoms with Gasteiger partial charge in [-0.3, -0.25) is 4.79 Å². The molecule has 14 heavy (non-hydrogen) atoms. The first kappa shape index (κ1) is 9.15. The van der Waals surface area contributed by atoms with Gasteiger partial charge < -0.3 is 4.42 Å². The number of fused-ring (bicyclic) bond motifs is 1. The van der Waals surface area contributed by atoms with Crippen molar-refractivity contribution in [1.29, 1.82) is 0 Å². The van der Waals surface area contributed by atoms with Crippen LogP contribution in [0.25, 0.3) is 11.1 Å². The number of oxazole rings is 1. The van der Waals surface area contributed by atoms with Gasteiger partial charge in [-0.2, -0.15) is 0 Å². The topological polar surface area (TPSA) is 43.1 Å². The van der Waals surface area contributed by atoms with Gasteiger partial charge in [0.1, 0.15) is 11.3 Å². The van der Waals surface area contributed by atoms with Crippen molar-refractivity contribution in [3.63, 3.8) is 0 Å². The molecule has 0 atom stereocenters. The highest BCUT2D eigenvalue weighted by Crippen LogP contribution is 2.17. The molecule has 0 spiro atoms. The van der Waals surface area contributed by atoms with E-state index in [0.29, 0.717) is 5.52 Å². The van der Waals surface area contributed by atoms with Gasteiger partial charge >= 0.3 is 0 Å². The number of benzene rings is 1. The van der Waals surface area contributed by atoms with Crippen LogP contribution in [0.15, 0.2) is 22.6 Å². The van der Waals surface area contributed by atoms with Crippen molar-refractivity contribution in [3.8, 4) is 0 Å². The Bertz CT molecular complexity index is 495. The highest BCUT2D eigenvalue weighted by Gasteiger charge is 2.13. The molecule has 1 aromatic heterocycles. The van der Waals surface area contributed by atoms with E-state index in [9.17, 15) is 9.18 Å². The summed E-state index contributed by atoms with van der Waals surface area (Å²) in [6.45, 7) is 0. The molecule has 3 nitrogen and oxygen atoms in total. The molecule has 1 aromatic carbocycles. The van der Waals surface area contributed by atoms with E-state index in [2.05, 4.69) is 4.98 Å². The largest absolute Gasteiger partial charge is 0.434 e. The number of carbonyl (C=O) groups excluding carboxylic acids is 1. The van der Waals surface area contributed by atoms with Gasteiger partial charge in [0.15, 0.2) is 5.58 Å². The Hall–Kier alpha value is -1.42. The third-order valence-electron chi connectivity index (χ3n) is 1.71. The fourth-order valence-corrected chi connectivity index (χ4v) is 1.19. The second kappa shape index (κ2) is 3.38. The first-order valence-electron chi connectivity index (χ1n) is 3.86. The zero-order chi connectivity index (χ0) is 10.1. The Labute approximate surface area is 83.5 Å². The second-order valence-electron chi connectivity index (χ2n) is 2.69. The molecule has 0 bridgehead atoms. The minimum atomic E-state index is -0.432. The van der Waals surface area contributed by atoms with Gasteiger partial charge in [0, 0.05) is 6.07 Å². The van der Waals surface area contributed by atoms with E-state index >= 15 is 0 Å². The summed E-state index contributed by atoms with van der Waals surface area (Å²) in [5.74, 6) is -1.13. The van der Waals surface area contributed by atoms with Crippen LogP contribution in [0, 0.1) is 5.82 Å². The predicted octanol–water partition coefficient (Wildman–Crippen LogP) is 2.39. The summed E-state index contributed by atoms with van der Waals surface area (Å²) >= 11 is 5.32. The molecule has 0 N–H and O–H groups in total. The number of rotatable bonds is 2. The van der Waals surface area contributed by atoms with Gasteiger partial charge in [-0.25, -0.2) is 9.37 Å². The third-order valence-corrected chi connectivity index (χ3v) is 1.95. The molecule has 0 radical (unpaired) electrons. The molecule has 0 amide bonds. The van der Waals surface area contributed by atoms with E-state index in [0.717, 1.165) is 0 Å². The molecule has 0 saturated carbocycles. The lowest BCUT2D eigenvalue weighted by Crippen LogP contribution is -1.99. The van der Waals surface area contributed by atoms with Crippen LogP contribution < -0.4 is 0 Å². The van der Waals surface area contributed by atoms with Gasteiger partial charge in [-0.15, -0.1) is 11.6 Å². The van der Waals surface area contributed by atoms with Crippen molar-refractivity contribution in [2.24, 2.45) is 0 Å². The number of aromatic nitrogens is 1. The summed E-state index contributed by atoms with van der Waals surface area (Å²) < 4.78 is 17.7. The van der Waals surface area contributed by atoms with Crippen LogP contribution in [0.5, 0.6) is 0 Å². The average molecular weight is 214 g/mol. The van der Waals surface area contributed by atoms with Crippen LogP contribution in [-0.4, -0.2) is 16.6 Å². The molecular formula is C9H5ClFNO2. The lowest BCUT2D eigenvalue weighted by molar-refractivity contribution is 0.0986. The second-order valence-corrected chi connectivity index (χ2v) is 2.96. The maximum Gasteiger partial charge on any atom is 0.265 e. The van der Waals surface area contributed by atoms with Gasteiger partial charge in [-0.05, 0) is 12.1 Å². The number of Topliss-reactive ketones (excluding diaryl/α,β-unsaturated/α-hetero) is 1. The fourth-order valence-electron chi connectivity index (χ4n) is 1.07. The molecule has 0 unspecified atom stereocenters. The molecule has 0 fully saturated rings. The maximum absolute atomic E-state index is 12.7. The average Bonchev–Trinajstić information content (AvgIpc) is 2.59. The molecule has 1 heterocycles. The summed E-state index contributed by atoms with van der Waals surface area (Å²) in [5, 5.41) is 0. The van der Waals surface area contributed by atoms with Crippen molar-refractivity contribution >= 4 is 28.5 Å². The van der Waals surface area contributed by atoms with Gasteiger partial charge in [0.2, 0.25) is 5.78 Å². The van der Waals surface area contributed by atoms with E-state index in [1.165, 1.54) is 18.2 Å². The lowest BCUT2D eigenvalue weighted by Gasteiger charge is -1.85. The fraction of sp³-hybridized carbons (Fsp3) is 0.111. The zero-order valence-corrected chi connectivity index (χ0v) is 7.71. The van der Waals surface area contributed by atoms with Crippen molar-refractivity contribution in [2.45, 2.75) is 0 Å². The Morgan fingerprint density at radius 2 is 2.36 bits per heavy atom. The van der Waals surface area contributed by atoms with Gasteiger partial charge in [-0.1, -0.05) is 0 Å². The standard InChI is InChI=1S/C9H5ClFNO2/c10-4-7(13)9-12-6-2-1-5(11)3-8(6)14-9/h1-3H,4H2. The molecule has 0 saturated heterocycles. The minimum Gasteiger partial charge on any atom is -0.434 e. The van der Waals surface area contributed by atoms with E-state index in [1.807, 2.05) is 0 Å². The van der Waals surface area contributed by atoms with Gasteiger partial charge in [0.25, 0.3) is 5.89 Å². The van der Waals surface area contributed by atoms with Gasteiger partial charge in [0.05, 0.1) is 5.88 Å². The van der Waals surface area contributed by atoms with Crippen molar-refractivity contribution in [3.05, 3.63) is 29.9 Å². The number of alkyl halides is 1. The smallest absolute Gasteiger partial charge is 0.265 e. The highest BCUT2D eigenvalue weighted by molar-refractivity contribution is 6.29. The number of hydrogen-bond donors (Lipinski definition) is 0. The van der Waals surface area contributed by atoms with Crippen LogP contribution in [0.4, 0.5) is 4.39 Å². The Morgan fingerprint density at radius 3 is 3.07 bits per heavy atom. The quantitative estimate of drug-likeness (QED) is 0.568. The van der Waals surface area contributed by atoms with E-state index < -0.39 is 11.6 Å².